The molecule has 0 saturated heterocycles. The minimum absolute atomic E-state index is 0.0115. The summed E-state index contributed by atoms with van der Waals surface area (Å²) in [4.78, 5) is 22.6. The molecule has 0 unspecified atom stereocenters. The molecule has 0 fully saturated rings. The van der Waals surface area contributed by atoms with Crippen LogP contribution >= 0.6 is 0 Å². The highest BCUT2D eigenvalue weighted by molar-refractivity contribution is 7.96. The monoisotopic (exact) mass is 326 g/mol. The first-order valence-electron chi connectivity index (χ1n) is 6.70. The van der Waals surface area contributed by atoms with Gasteiger partial charge in [0.15, 0.2) is 4.91 Å². The molecule has 0 atom stereocenters. The Labute approximate surface area is 129 Å². The lowest BCUT2D eigenvalue weighted by molar-refractivity contribution is -0.140. The van der Waals surface area contributed by atoms with E-state index in [0.29, 0.717) is 6.08 Å². The molecular formula is C15H18O6S. The minimum Gasteiger partial charge on any atom is -0.463 e. The van der Waals surface area contributed by atoms with Crippen molar-refractivity contribution >= 4 is 21.8 Å². The Bertz CT molecular complexity index is 670. The fourth-order valence-electron chi connectivity index (χ4n) is 1.58. The highest BCUT2D eigenvalue weighted by Gasteiger charge is 2.29. The Morgan fingerprint density at radius 3 is 2.09 bits per heavy atom. The molecule has 22 heavy (non-hydrogen) atoms. The third-order valence-electron chi connectivity index (χ3n) is 2.63. The number of carbonyl (C=O) groups is 2. The van der Waals surface area contributed by atoms with Crippen LogP contribution in [-0.2, 0) is 28.9 Å². The van der Waals surface area contributed by atoms with E-state index in [1.807, 2.05) is 0 Å². The first-order chi connectivity index (χ1) is 10.3. The van der Waals surface area contributed by atoms with Gasteiger partial charge in [-0.15, -0.1) is 0 Å². The molecule has 0 N–H and O–H groups in total. The van der Waals surface area contributed by atoms with Crippen LogP contribution in [0.2, 0.25) is 0 Å². The van der Waals surface area contributed by atoms with Crippen molar-refractivity contribution in [1.29, 1.82) is 0 Å². The molecule has 0 radical (unpaired) electrons. The number of rotatable bonds is 6. The maximum absolute atomic E-state index is 12.5. The van der Waals surface area contributed by atoms with E-state index in [1.165, 1.54) is 12.1 Å². The molecule has 0 spiro atoms. The van der Waals surface area contributed by atoms with Crippen LogP contribution in [0.4, 0.5) is 0 Å². The predicted octanol–water partition coefficient (Wildman–Crippen LogP) is 1.78. The average Bonchev–Trinajstić information content (AvgIpc) is 2.45. The minimum atomic E-state index is -4.17. The Kier molecular flexibility index (Phi) is 6.30. The predicted molar refractivity (Wildman–Crippen MR) is 79.7 cm³/mol. The third kappa shape index (κ3) is 4.42. The molecule has 0 aliphatic heterocycles. The van der Waals surface area contributed by atoms with Gasteiger partial charge >= 0.3 is 11.9 Å². The van der Waals surface area contributed by atoms with Crippen LogP contribution < -0.4 is 0 Å². The topological polar surface area (TPSA) is 86.7 Å². The van der Waals surface area contributed by atoms with E-state index >= 15 is 0 Å². The second-order valence-electron chi connectivity index (χ2n) is 4.30. The van der Waals surface area contributed by atoms with E-state index < -0.39 is 26.7 Å². The molecule has 6 nitrogen and oxygen atoms in total. The summed E-state index contributed by atoms with van der Waals surface area (Å²) < 4.78 is 34.4. The molecule has 0 aliphatic carbocycles. The molecule has 0 amide bonds. The van der Waals surface area contributed by atoms with Gasteiger partial charge in [-0.25, -0.2) is 18.0 Å². The van der Waals surface area contributed by atoms with E-state index in [2.05, 4.69) is 4.74 Å². The summed E-state index contributed by atoms with van der Waals surface area (Å²) in [5, 5.41) is 0. The number of sulfone groups is 1. The van der Waals surface area contributed by atoms with E-state index in [0.717, 1.165) is 5.56 Å². The van der Waals surface area contributed by atoms with Crippen LogP contribution in [0.5, 0.6) is 0 Å². The fraction of sp³-hybridized carbons (Fsp3) is 0.333. The molecule has 0 heterocycles. The average molecular weight is 326 g/mol. The molecule has 0 aromatic heterocycles. The van der Waals surface area contributed by atoms with Crippen LogP contribution in [-0.4, -0.2) is 33.6 Å². The second-order valence-corrected chi connectivity index (χ2v) is 6.22. The van der Waals surface area contributed by atoms with Crippen molar-refractivity contribution in [3.8, 4) is 0 Å². The zero-order valence-corrected chi connectivity index (χ0v) is 13.5. The number of hydrogen-bond acceptors (Lipinski definition) is 6. The second kappa shape index (κ2) is 7.74. The largest absolute Gasteiger partial charge is 0.463 e. The van der Waals surface area contributed by atoms with Gasteiger partial charge in [0.1, 0.15) is 0 Å². The van der Waals surface area contributed by atoms with Crippen LogP contribution in [0, 0.1) is 6.92 Å². The highest BCUT2D eigenvalue weighted by atomic mass is 32.2. The molecule has 120 valence electrons. The zero-order chi connectivity index (χ0) is 16.8. The summed E-state index contributed by atoms with van der Waals surface area (Å²) in [6, 6.07) is 5.92. The van der Waals surface area contributed by atoms with Gasteiger partial charge in [0, 0.05) is 6.08 Å². The molecule has 1 rings (SSSR count). The number of benzene rings is 1. The molecular weight excluding hydrogens is 308 g/mol. The van der Waals surface area contributed by atoms with Crippen molar-refractivity contribution in [2.75, 3.05) is 13.2 Å². The SMILES string of the molecule is CCOC(=O)C=C(C(=O)OCC)S(=O)(=O)c1ccc(C)cc1. The van der Waals surface area contributed by atoms with Gasteiger partial charge in [0.05, 0.1) is 18.1 Å². The number of carbonyl (C=O) groups excluding carboxylic acids is 2. The van der Waals surface area contributed by atoms with Crippen molar-refractivity contribution in [3.63, 3.8) is 0 Å². The van der Waals surface area contributed by atoms with Crippen LogP contribution in [0.15, 0.2) is 40.1 Å². The summed E-state index contributed by atoms with van der Waals surface area (Å²) in [7, 11) is -4.17. The van der Waals surface area contributed by atoms with Gasteiger partial charge in [-0.05, 0) is 32.9 Å². The quantitative estimate of drug-likeness (QED) is 0.585. The van der Waals surface area contributed by atoms with Crippen molar-refractivity contribution in [1.82, 2.24) is 0 Å². The molecule has 0 aliphatic rings. The van der Waals surface area contributed by atoms with E-state index in [9.17, 15) is 18.0 Å². The van der Waals surface area contributed by atoms with Gasteiger partial charge in [0.25, 0.3) is 0 Å². The first kappa shape index (κ1) is 17.9. The Morgan fingerprint density at radius 1 is 1.05 bits per heavy atom. The molecule has 1 aromatic carbocycles. The highest BCUT2D eigenvalue weighted by Crippen LogP contribution is 2.21. The Morgan fingerprint density at radius 2 is 1.59 bits per heavy atom. The Hall–Kier alpha value is -2.15. The zero-order valence-electron chi connectivity index (χ0n) is 12.7. The molecule has 1 aromatic rings. The smallest absolute Gasteiger partial charge is 0.350 e. The summed E-state index contributed by atoms with van der Waals surface area (Å²) >= 11 is 0. The number of hydrogen-bond donors (Lipinski definition) is 0. The van der Waals surface area contributed by atoms with Crippen LogP contribution in [0.3, 0.4) is 0 Å². The maximum atomic E-state index is 12.5. The van der Waals surface area contributed by atoms with Crippen LogP contribution in [0.1, 0.15) is 19.4 Å². The van der Waals surface area contributed by atoms with Crippen molar-refractivity contribution < 1.29 is 27.5 Å². The number of esters is 2. The van der Waals surface area contributed by atoms with Gasteiger partial charge in [-0.2, -0.15) is 0 Å². The normalized spacial score (nSPS) is 11.9. The van der Waals surface area contributed by atoms with Gasteiger partial charge < -0.3 is 9.47 Å². The molecule has 0 bridgehead atoms. The molecule has 7 heteroatoms. The standard InChI is InChI=1S/C15H18O6S/c1-4-20-14(16)10-13(15(17)21-5-2)22(18,19)12-8-6-11(3)7-9-12/h6-10H,4-5H2,1-3H3. The maximum Gasteiger partial charge on any atom is 0.350 e. The number of ether oxygens (including phenoxy) is 2. The summed E-state index contributed by atoms with van der Waals surface area (Å²) in [5.74, 6) is -2.00. The van der Waals surface area contributed by atoms with Gasteiger partial charge in [-0.1, -0.05) is 17.7 Å². The van der Waals surface area contributed by atoms with Crippen molar-refractivity contribution in [2.24, 2.45) is 0 Å². The lowest BCUT2D eigenvalue weighted by Crippen LogP contribution is -2.19. The van der Waals surface area contributed by atoms with E-state index in [-0.39, 0.29) is 18.1 Å². The lowest BCUT2D eigenvalue weighted by Gasteiger charge is -2.09. The summed E-state index contributed by atoms with van der Waals surface area (Å²) in [5.41, 5.74) is 0.867. The van der Waals surface area contributed by atoms with Gasteiger partial charge in [-0.3, -0.25) is 0 Å². The van der Waals surface area contributed by atoms with Crippen molar-refractivity contribution in [2.45, 2.75) is 25.7 Å². The van der Waals surface area contributed by atoms with Crippen LogP contribution in [0.25, 0.3) is 0 Å². The number of aryl methyl sites for hydroxylation is 1. The molecule has 0 saturated carbocycles. The first-order valence-corrected chi connectivity index (χ1v) is 8.18. The van der Waals surface area contributed by atoms with Crippen molar-refractivity contribution in [3.05, 3.63) is 40.8 Å². The van der Waals surface area contributed by atoms with Gasteiger partial charge in [0.2, 0.25) is 9.84 Å². The summed E-state index contributed by atoms with van der Waals surface area (Å²) in [6.45, 7) is 4.97. The Balaban J connectivity index is 3.33. The third-order valence-corrected chi connectivity index (χ3v) is 4.39. The van der Waals surface area contributed by atoms with E-state index in [4.69, 9.17) is 4.74 Å². The lowest BCUT2D eigenvalue weighted by atomic mass is 10.2. The summed E-state index contributed by atoms with van der Waals surface area (Å²) in [6.07, 6.45) is 0.649. The fourth-order valence-corrected chi connectivity index (χ4v) is 2.86. The van der Waals surface area contributed by atoms with E-state index in [1.54, 1.807) is 32.9 Å².